The van der Waals surface area contributed by atoms with Crippen LogP contribution in [-0.4, -0.2) is 30.5 Å². The number of nitrogens with zero attached hydrogens (tertiary/aromatic N) is 1. The van der Waals surface area contributed by atoms with Crippen LogP contribution in [0, 0.1) is 0 Å². The summed E-state index contributed by atoms with van der Waals surface area (Å²) in [7, 11) is 1.58. The van der Waals surface area contributed by atoms with Crippen molar-refractivity contribution in [1.29, 1.82) is 0 Å². The molecule has 6 nitrogen and oxygen atoms in total. The zero-order valence-corrected chi connectivity index (χ0v) is 11.4. The molecule has 1 heterocycles. The molecule has 0 atom stereocenters. The fraction of sp³-hybridized carbons (Fsp3) is 0.385. The normalized spacial score (nSPS) is 15.7. The van der Waals surface area contributed by atoms with Crippen molar-refractivity contribution in [3.63, 3.8) is 0 Å². The molecule has 1 rings (SSSR count). The molecule has 1 aliphatic rings. The second kappa shape index (κ2) is 6.75. The smallest absolute Gasteiger partial charge is 0.336 e. The molecular weight excluding hydrogens is 246 g/mol. The number of hydrogen-bond acceptors (Lipinski definition) is 4. The number of rotatable bonds is 4. The van der Waals surface area contributed by atoms with Gasteiger partial charge in [0.05, 0.1) is 5.70 Å². The maximum absolute atomic E-state index is 11.9. The molecule has 6 heteroatoms. The van der Waals surface area contributed by atoms with Gasteiger partial charge < -0.3 is 4.74 Å². The highest BCUT2D eigenvalue weighted by atomic mass is 16.5. The van der Waals surface area contributed by atoms with Gasteiger partial charge in [0, 0.05) is 7.05 Å². The number of urea groups is 1. The third kappa shape index (κ3) is 3.96. The third-order valence-corrected chi connectivity index (χ3v) is 2.45. The highest BCUT2D eigenvalue weighted by molar-refractivity contribution is 5.84. The maximum Gasteiger partial charge on any atom is 0.336 e. The largest absolute Gasteiger partial charge is 0.423 e. The van der Waals surface area contributed by atoms with E-state index in [1.165, 1.54) is 4.90 Å². The molecule has 0 aromatic heterocycles. The topological polar surface area (TPSA) is 70.7 Å². The monoisotopic (exact) mass is 265 g/mol. The predicted octanol–water partition coefficient (Wildman–Crippen LogP) is 1.44. The highest BCUT2D eigenvalue weighted by Crippen LogP contribution is 2.22. The van der Waals surface area contributed by atoms with Gasteiger partial charge in [0.2, 0.25) is 0 Å². The molecule has 0 saturated heterocycles. The average Bonchev–Trinajstić information content (AvgIpc) is 2.35. The van der Waals surface area contributed by atoms with Crippen LogP contribution >= 0.6 is 0 Å². The van der Waals surface area contributed by atoms with Crippen molar-refractivity contribution in [2.24, 2.45) is 0 Å². The van der Waals surface area contributed by atoms with E-state index >= 15 is 0 Å². The van der Waals surface area contributed by atoms with E-state index in [1.54, 1.807) is 19.2 Å². The minimum Gasteiger partial charge on any atom is -0.423 e. The number of nitrogens with one attached hydrogen (secondary N) is 2. The first-order valence-electron chi connectivity index (χ1n) is 6.01. The maximum atomic E-state index is 11.9. The molecule has 0 radical (unpaired) electrons. The zero-order valence-electron chi connectivity index (χ0n) is 11.4. The van der Waals surface area contributed by atoms with E-state index in [0.29, 0.717) is 17.9 Å². The second-order valence-electron chi connectivity index (χ2n) is 4.08. The van der Waals surface area contributed by atoms with Crippen LogP contribution in [0.25, 0.3) is 0 Å². The molecule has 2 N–H and O–H groups in total. The number of amides is 2. The summed E-state index contributed by atoms with van der Waals surface area (Å²) in [6.07, 6.45) is 3.95. The first-order chi connectivity index (χ1) is 8.99. The van der Waals surface area contributed by atoms with Crippen molar-refractivity contribution < 1.29 is 14.3 Å². The van der Waals surface area contributed by atoms with Crippen LogP contribution in [0.5, 0.6) is 0 Å². The Balaban J connectivity index is 3.09. The Hall–Kier alpha value is -2.08. The number of hydrogen-bond donors (Lipinski definition) is 2. The summed E-state index contributed by atoms with van der Waals surface area (Å²) in [5.74, 6) is -0.0854. The van der Waals surface area contributed by atoms with E-state index in [9.17, 15) is 9.59 Å². The van der Waals surface area contributed by atoms with Crippen molar-refractivity contribution in [1.82, 2.24) is 15.8 Å². The van der Waals surface area contributed by atoms with Gasteiger partial charge in [0.15, 0.2) is 5.76 Å². The minimum atomic E-state index is -0.468. The number of esters is 1. The molecule has 19 heavy (non-hydrogen) atoms. The van der Waals surface area contributed by atoms with Gasteiger partial charge in [0.1, 0.15) is 6.54 Å². The molecule has 0 aromatic rings. The summed E-state index contributed by atoms with van der Waals surface area (Å²) in [4.78, 5) is 24.8. The van der Waals surface area contributed by atoms with Crippen molar-refractivity contribution in [2.75, 3.05) is 13.6 Å². The fourth-order valence-electron chi connectivity index (χ4n) is 1.65. The standard InChI is InChI=1S/C13H19N3O3/c1-5-10-11(7-6-9(2)3)19-12(17)8-16(10)13(18)15-14-4/h6-7,14H,2,5,8H2,1,3-4H3,(H,15,18)/b7-6-. The first-order valence-corrected chi connectivity index (χ1v) is 6.01. The van der Waals surface area contributed by atoms with E-state index in [2.05, 4.69) is 17.4 Å². The van der Waals surface area contributed by atoms with Crippen LogP contribution in [0.15, 0.2) is 35.8 Å². The molecule has 0 aliphatic carbocycles. The number of carbonyl (C=O) groups is 2. The first kappa shape index (κ1) is 15.0. The van der Waals surface area contributed by atoms with Crippen LogP contribution in [0.2, 0.25) is 0 Å². The summed E-state index contributed by atoms with van der Waals surface area (Å²) in [6, 6.07) is -0.391. The summed E-state index contributed by atoms with van der Waals surface area (Å²) >= 11 is 0. The number of ether oxygens (including phenoxy) is 1. The van der Waals surface area contributed by atoms with Crippen molar-refractivity contribution in [2.45, 2.75) is 20.3 Å². The lowest BCUT2D eigenvalue weighted by Crippen LogP contribution is -2.48. The fourth-order valence-corrected chi connectivity index (χ4v) is 1.65. The second-order valence-corrected chi connectivity index (χ2v) is 4.08. The minimum absolute atomic E-state index is 0.0961. The van der Waals surface area contributed by atoms with E-state index in [4.69, 9.17) is 4.74 Å². The van der Waals surface area contributed by atoms with Gasteiger partial charge in [-0.1, -0.05) is 25.2 Å². The zero-order chi connectivity index (χ0) is 14.4. The number of cyclic esters (lactones) is 1. The average molecular weight is 265 g/mol. The van der Waals surface area contributed by atoms with E-state index in [1.807, 2.05) is 13.8 Å². The summed E-state index contributed by atoms with van der Waals surface area (Å²) in [5.41, 5.74) is 6.47. The van der Waals surface area contributed by atoms with Crippen LogP contribution in [0.3, 0.4) is 0 Å². The van der Waals surface area contributed by atoms with Gasteiger partial charge in [-0.15, -0.1) is 0 Å². The molecule has 0 fully saturated rings. The summed E-state index contributed by atoms with van der Waals surface area (Å²) < 4.78 is 5.17. The Bertz CT molecular complexity index is 452. The lowest BCUT2D eigenvalue weighted by Gasteiger charge is -2.29. The molecule has 0 bridgehead atoms. The third-order valence-electron chi connectivity index (χ3n) is 2.45. The summed E-state index contributed by atoms with van der Waals surface area (Å²) in [6.45, 7) is 7.37. The molecule has 0 saturated carbocycles. The number of hydrazine groups is 1. The van der Waals surface area contributed by atoms with Crippen LogP contribution in [0.4, 0.5) is 4.79 Å². The van der Waals surface area contributed by atoms with Crippen molar-refractivity contribution in [3.8, 4) is 0 Å². The Morgan fingerprint density at radius 1 is 1.58 bits per heavy atom. The van der Waals surface area contributed by atoms with Crippen molar-refractivity contribution in [3.05, 3.63) is 35.8 Å². The number of allylic oxidation sites excluding steroid dienone is 4. The Kier molecular flexibility index (Phi) is 5.32. The number of carbonyl (C=O) groups excluding carboxylic acids is 2. The highest BCUT2D eigenvalue weighted by Gasteiger charge is 2.29. The molecule has 0 unspecified atom stereocenters. The van der Waals surface area contributed by atoms with Crippen LogP contribution < -0.4 is 10.9 Å². The van der Waals surface area contributed by atoms with Gasteiger partial charge in [-0.25, -0.2) is 15.0 Å². The van der Waals surface area contributed by atoms with E-state index in [0.717, 1.165) is 5.57 Å². The SMILES string of the molecule is C=C(C)/C=C\C1=C(CC)N(C(=O)NNC)CC(=O)O1. The predicted molar refractivity (Wildman–Crippen MR) is 71.7 cm³/mol. The molecule has 0 spiro atoms. The van der Waals surface area contributed by atoms with Gasteiger partial charge in [-0.3, -0.25) is 10.3 Å². The lowest BCUT2D eigenvalue weighted by molar-refractivity contribution is -0.141. The lowest BCUT2D eigenvalue weighted by atomic mass is 10.2. The van der Waals surface area contributed by atoms with E-state index in [-0.39, 0.29) is 6.54 Å². The van der Waals surface area contributed by atoms with Gasteiger partial charge >= 0.3 is 12.0 Å². The van der Waals surface area contributed by atoms with Gasteiger partial charge in [-0.05, 0) is 19.4 Å². The van der Waals surface area contributed by atoms with Crippen LogP contribution in [0.1, 0.15) is 20.3 Å². The Morgan fingerprint density at radius 3 is 2.79 bits per heavy atom. The van der Waals surface area contributed by atoms with Crippen molar-refractivity contribution >= 4 is 12.0 Å². The Labute approximate surface area is 112 Å². The van der Waals surface area contributed by atoms with Gasteiger partial charge in [-0.2, -0.15) is 0 Å². The molecular formula is C13H19N3O3. The molecule has 0 aromatic carbocycles. The molecule has 2 amide bonds. The van der Waals surface area contributed by atoms with Gasteiger partial charge in [0.25, 0.3) is 0 Å². The van der Waals surface area contributed by atoms with E-state index < -0.39 is 12.0 Å². The Morgan fingerprint density at radius 2 is 2.26 bits per heavy atom. The molecule has 104 valence electrons. The summed E-state index contributed by atoms with van der Waals surface area (Å²) in [5, 5.41) is 0. The molecule has 1 aliphatic heterocycles. The van der Waals surface area contributed by atoms with Crippen LogP contribution in [-0.2, 0) is 9.53 Å². The quantitative estimate of drug-likeness (QED) is 0.458.